The van der Waals surface area contributed by atoms with Crippen molar-refractivity contribution in [3.63, 3.8) is 0 Å². The topological polar surface area (TPSA) is 83.1 Å². The number of hydrogen-bond acceptors (Lipinski definition) is 5. The number of likely N-dealkylation sites (N-methyl/N-ethyl adjacent to an activating group) is 1. The van der Waals surface area contributed by atoms with E-state index in [1.54, 1.807) is 43.5 Å². The summed E-state index contributed by atoms with van der Waals surface area (Å²) >= 11 is 16.9. The van der Waals surface area contributed by atoms with Gasteiger partial charge in [-0.25, -0.2) is 9.79 Å². The number of thioether (sulfide) groups is 1. The van der Waals surface area contributed by atoms with E-state index in [9.17, 15) is 14.7 Å². The number of carbonyl (C=O) groups is 2. The number of rotatable bonds is 4. The molecule has 0 aliphatic carbocycles. The summed E-state index contributed by atoms with van der Waals surface area (Å²) in [5.74, 6) is -0.464. The summed E-state index contributed by atoms with van der Waals surface area (Å²) < 4.78 is 6.57. The number of benzene rings is 2. The molecule has 1 aromatic heterocycles. The van der Waals surface area contributed by atoms with E-state index in [0.29, 0.717) is 42.9 Å². The van der Waals surface area contributed by atoms with Crippen LogP contribution in [0.2, 0.25) is 10.0 Å². The van der Waals surface area contributed by atoms with E-state index in [-0.39, 0.29) is 11.5 Å². The number of furan rings is 1. The van der Waals surface area contributed by atoms with Crippen LogP contribution in [-0.4, -0.2) is 34.1 Å². The van der Waals surface area contributed by atoms with Gasteiger partial charge in [-0.3, -0.25) is 9.69 Å². The highest BCUT2D eigenvalue weighted by Crippen LogP contribution is 2.36. The summed E-state index contributed by atoms with van der Waals surface area (Å²) in [6.07, 6.45) is 1.61. The number of amides is 1. The Balaban J connectivity index is 1.61. The lowest BCUT2D eigenvalue weighted by Crippen LogP contribution is -2.23. The van der Waals surface area contributed by atoms with Crippen molar-refractivity contribution in [1.29, 1.82) is 0 Å². The molecule has 4 rings (SSSR count). The van der Waals surface area contributed by atoms with Crippen molar-refractivity contribution in [2.45, 2.75) is 0 Å². The Morgan fingerprint density at radius 2 is 1.94 bits per heavy atom. The highest BCUT2D eigenvalue weighted by Gasteiger charge is 2.30. The molecule has 2 aromatic carbocycles. The molecule has 0 unspecified atom stereocenters. The number of hydrogen-bond donors (Lipinski definition) is 1. The van der Waals surface area contributed by atoms with E-state index in [4.69, 9.17) is 27.6 Å². The lowest BCUT2D eigenvalue weighted by molar-refractivity contribution is -0.121. The number of carboxylic acids is 1. The van der Waals surface area contributed by atoms with Gasteiger partial charge < -0.3 is 9.52 Å². The van der Waals surface area contributed by atoms with E-state index in [1.807, 2.05) is 0 Å². The maximum absolute atomic E-state index is 12.7. The van der Waals surface area contributed by atoms with Crippen LogP contribution in [-0.2, 0) is 4.79 Å². The zero-order valence-corrected chi connectivity index (χ0v) is 20.2. The molecule has 0 atom stereocenters. The lowest BCUT2D eigenvalue weighted by atomic mass is 10.1. The molecule has 0 spiro atoms. The van der Waals surface area contributed by atoms with Crippen molar-refractivity contribution in [2.75, 3.05) is 7.05 Å². The summed E-state index contributed by atoms with van der Waals surface area (Å²) in [6, 6.07) is 13.0. The van der Waals surface area contributed by atoms with Crippen LogP contribution in [0.1, 0.15) is 16.1 Å². The first-order valence-corrected chi connectivity index (χ1v) is 11.4. The van der Waals surface area contributed by atoms with Crippen LogP contribution in [0, 0.1) is 0 Å². The molecule has 1 aliphatic rings. The van der Waals surface area contributed by atoms with Gasteiger partial charge in [0.15, 0.2) is 5.17 Å². The van der Waals surface area contributed by atoms with Crippen molar-refractivity contribution >= 4 is 79.7 Å². The summed E-state index contributed by atoms with van der Waals surface area (Å²) in [7, 11) is 1.64. The van der Waals surface area contributed by atoms with Crippen molar-refractivity contribution in [3.8, 4) is 11.3 Å². The number of carboxylic acid groups (broad SMARTS) is 1. The third-order valence-corrected chi connectivity index (χ3v) is 7.13. The number of nitrogens with zero attached hydrogens (tertiary/aromatic N) is 2. The van der Waals surface area contributed by atoms with Gasteiger partial charge in [-0.1, -0.05) is 23.2 Å². The van der Waals surface area contributed by atoms with Gasteiger partial charge in [0.25, 0.3) is 5.91 Å². The predicted molar refractivity (Wildman–Crippen MR) is 131 cm³/mol. The normalized spacial score (nSPS) is 16.4. The van der Waals surface area contributed by atoms with Crippen LogP contribution in [0.4, 0.5) is 5.69 Å². The zero-order valence-electron chi connectivity index (χ0n) is 16.3. The van der Waals surface area contributed by atoms with E-state index in [0.717, 1.165) is 4.47 Å². The average Bonchev–Trinajstić information content (AvgIpc) is 3.32. The fraction of sp³-hybridized carbons (Fsp3) is 0.0455. The maximum Gasteiger partial charge on any atom is 0.335 e. The van der Waals surface area contributed by atoms with E-state index in [1.165, 1.54) is 34.9 Å². The first kappa shape index (κ1) is 22.7. The molecule has 1 N–H and O–H groups in total. The van der Waals surface area contributed by atoms with Gasteiger partial charge in [-0.2, -0.15) is 0 Å². The first-order valence-electron chi connectivity index (χ1n) is 9.07. The van der Waals surface area contributed by atoms with E-state index < -0.39 is 5.97 Å². The second-order valence-corrected chi connectivity index (χ2v) is 9.35. The molecule has 1 aliphatic heterocycles. The molecular weight excluding hydrogens is 539 g/mol. The molecule has 1 saturated heterocycles. The monoisotopic (exact) mass is 550 g/mol. The van der Waals surface area contributed by atoms with Crippen molar-refractivity contribution in [1.82, 2.24) is 4.90 Å². The minimum Gasteiger partial charge on any atom is -0.478 e. The molecular formula is C22H13BrCl2N2O4S. The highest BCUT2D eigenvalue weighted by molar-refractivity contribution is 9.10. The third-order valence-electron chi connectivity index (χ3n) is 4.51. The average molecular weight is 552 g/mol. The summed E-state index contributed by atoms with van der Waals surface area (Å²) in [5, 5.41) is 10.6. The fourth-order valence-electron chi connectivity index (χ4n) is 2.87. The second kappa shape index (κ2) is 9.15. The number of amidine groups is 1. The van der Waals surface area contributed by atoms with Gasteiger partial charge in [-0.15, -0.1) is 0 Å². The Labute approximate surface area is 205 Å². The van der Waals surface area contributed by atoms with Gasteiger partial charge in [0.05, 0.1) is 26.2 Å². The highest BCUT2D eigenvalue weighted by atomic mass is 79.9. The van der Waals surface area contributed by atoms with Gasteiger partial charge in [-0.05, 0) is 76.2 Å². The van der Waals surface area contributed by atoms with E-state index in [2.05, 4.69) is 20.9 Å². The Kier molecular flexibility index (Phi) is 6.48. The maximum atomic E-state index is 12.7. The first-order chi connectivity index (χ1) is 15.2. The Morgan fingerprint density at radius 1 is 1.16 bits per heavy atom. The molecule has 6 nitrogen and oxygen atoms in total. The molecule has 3 aromatic rings. The molecule has 2 heterocycles. The number of aliphatic imine (C=N–C) groups is 1. The van der Waals surface area contributed by atoms with Crippen LogP contribution in [0.25, 0.3) is 17.4 Å². The standard InChI is InChI=1S/C22H13BrCl2N2O4S/c1-27-20(28)19(32-22(27)26-12-3-5-15(23)17(25)9-12)10-13-4-7-18(31-13)14-8-11(21(29)30)2-6-16(14)24/h2-10H,1H3,(H,29,30)/b19-10-,26-22?. The van der Waals surface area contributed by atoms with Crippen LogP contribution < -0.4 is 0 Å². The van der Waals surface area contributed by atoms with Crippen LogP contribution in [0.5, 0.6) is 0 Å². The van der Waals surface area contributed by atoms with Crippen molar-refractivity contribution < 1.29 is 19.1 Å². The Hall–Kier alpha value is -2.52. The quantitative estimate of drug-likeness (QED) is 0.355. The van der Waals surface area contributed by atoms with Gasteiger partial charge >= 0.3 is 5.97 Å². The van der Waals surface area contributed by atoms with Gasteiger partial charge in [0.1, 0.15) is 11.5 Å². The Bertz CT molecular complexity index is 1320. The van der Waals surface area contributed by atoms with Crippen LogP contribution in [0.15, 0.2) is 67.3 Å². The minimum atomic E-state index is -1.06. The van der Waals surface area contributed by atoms with E-state index >= 15 is 0 Å². The van der Waals surface area contributed by atoms with Crippen molar-refractivity contribution in [2.24, 2.45) is 4.99 Å². The number of carbonyl (C=O) groups excluding carboxylic acids is 1. The minimum absolute atomic E-state index is 0.0951. The lowest BCUT2D eigenvalue weighted by Gasteiger charge is -2.07. The second-order valence-electron chi connectivity index (χ2n) is 6.67. The van der Waals surface area contributed by atoms with Gasteiger partial charge in [0.2, 0.25) is 0 Å². The smallest absolute Gasteiger partial charge is 0.335 e. The fourth-order valence-corrected chi connectivity index (χ4v) is 4.47. The Morgan fingerprint density at radius 3 is 2.66 bits per heavy atom. The largest absolute Gasteiger partial charge is 0.478 e. The van der Waals surface area contributed by atoms with Crippen LogP contribution >= 0.6 is 50.9 Å². The third kappa shape index (κ3) is 4.63. The summed E-state index contributed by atoms with van der Waals surface area (Å²) in [5.41, 5.74) is 1.17. The zero-order chi connectivity index (χ0) is 23.0. The molecule has 10 heteroatoms. The molecule has 0 bridgehead atoms. The number of halogens is 3. The molecule has 1 fully saturated rings. The van der Waals surface area contributed by atoms with Crippen LogP contribution in [0.3, 0.4) is 0 Å². The molecule has 0 radical (unpaired) electrons. The molecule has 1 amide bonds. The summed E-state index contributed by atoms with van der Waals surface area (Å²) in [6.45, 7) is 0. The summed E-state index contributed by atoms with van der Waals surface area (Å²) in [4.78, 5) is 30.3. The molecule has 162 valence electrons. The molecule has 0 saturated carbocycles. The molecule has 32 heavy (non-hydrogen) atoms. The SMILES string of the molecule is CN1C(=O)/C(=C/c2ccc(-c3cc(C(=O)O)ccc3Cl)o2)SC1=Nc1ccc(Br)c(Cl)c1. The predicted octanol–water partition coefficient (Wildman–Crippen LogP) is 6.95. The van der Waals surface area contributed by atoms with Crippen molar-refractivity contribution in [3.05, 3.63) is 79.3 Å². The van der Waals surface area contributed by atoms with Gasteiger partial charge in [0, 0.05) is 23.2 Å². The number of aromatic carboxylic acids is 1.